The molecule has 1 heterocycles. The van der Waals surface area contributed by atoms with Crippen molar-refractivity contribution in [3.8, 4) is 0 Å². The number of hydrogen-bond acceptors (Lipinski definition) is 4. The van der Waals surface area contributed by atoms with Crippen molar-refractivity contribution in [2.45, 2.75) is 44.8 Å². The van der Waals surface area contributed by atoms with Crippen LogP contribution in [0.15, 0.2) is 6.20 Å². The Hall–Kier alpha value is -0.940. The topological polar surface area (TPSA) is 46.0 Å². The Kier molecular flexibility index (Phi) is 3.61. The molecular weight excluding hydrogens is 226 g/mol. The first-order valence-corrected chi connectivity index (χ1v) is 7.13. The van der Waals surface area contributed by atoms with Gasteiger partial charge >= 0.3 is 0 Å². The number of rotatable bonds is 8. The van der Waals surface area contributed by atoms with Gasteiger partial charge in [0.25, 0.3) is 0 Å². The Balaban J connectivity index is 1.48. The Morgan fingerprint density at radius 1 is 1.39 bits per heavy atom. The number of nitrogens with zero attached hydrogens (tertiary/aromatic N) is 4. The molecule has 1 aromatic rings. The molecule has 2 fully saturated rings. The molecule has 3 rings (SSSR count). The van der Waals surface area contributed by atoms with Gasteiger partial charge < -0.3 is 5.32 Å². The molecule has 5 nitrogen and oxygen atoms in total. The van der Waals surface area contributed by atoms with E-state index in [1.165, 1.54) is 32.2 Å². The first kappa shape index (κ1) is 12.1. The van der Waals surface area contributed by atoms with Gasteiger partial charge in [-0.3, -0.25) is 9.58 Å². The lowest BCUT2D eigenvalue weighted by Gasteiger charge is -2.21. The van der Waals surface area contributed by atoms with Gasteiger partial charge in [0.05, 0.1) is 12.2 Å². The summed E-state index contributed by atoms with van der Waals surface area (Å²) in [7, 11) is 1.93. The average molecular weight is 249 g/mol. The van der Waals surface area contributed by atoms with E-state index in [4.69, 9.17) is 0 Å². The van der Waals surface area contributed by atoms with E-state index in [9.17, 15) is 0 Å². The molecule has 0 radical (unpaired) electrons. The third-order valence-corrected chi connectivity index (χ3v) is 3.81. The van der Waals surface area contributed by atoms with Crippen LogP contribution < -0.4 is 5.32 Å². The molecule has 0 unspecified atom stereocenters. The van der Waals surface area contributed by atoms with Gasteiger partial charge in [0.15, 0.2) is 0 Å². The minimum absolute atomic E-state index is 0.800. The summed E-state index contributed by atoms with van der Waals surface area (Å²) in [5.41, 5.74) is 1.03. The zero-order valence-electron chi connectivity index (χ0n) is 11.2. The summed E-state index contributed by atoms with van der Waals surface area (Å²) in [6.07, 6.45) is 7.74. The van der Waals surface area contributed by atoms with Gasteiger partial charge in [-0.2, -0.15) is 0 Å². The number of aromatic nitrogens is 3. The summed E-state index contributed by atoms with van der Waals surface area (Å²) in [4.78, 5) is 2.66. The fraction of sp³-hybridized carbons (Fsp3) is 0.846. The van der Waals surface area contributed by atoms with E-state index in [-0.39, 0.29) is 0 Å². The second-order valence-corrected chi connectivity index (χ2v) is 5.67. The Bertz CT molecular complexity index is 380. The molecule has 5 heteroatoms. The highest BCUT2D eigenvalue weighted by molar-refractivity contribution is 4.92. The van der Waals surface area contributed by atoms with Gasteiger partial charge in [-0.25, -0.2) is 0 Å². The summed E-state index contributed by atoms with van der Waals surface area (Å²) in [5, 5.41) is 11.4. The molecule has 0 saturated heterocycles. The van der Waals surface area contributed by atoms with Crippen molar-refractivity contribution in [2.24, 2.45) is 5.92 Å². The van der Waals surface area contributed by atoms with E-state index in [0.717, 1.165) is 37.3 Å². The monoisotopic (exact) mass is 249 g/mol. The van der Waals surface area contributed by atoms with Crippen molar-refractivity contribution in [3.05, 3.63) is 11.9 Å². The zero-order chi connectivity index (χ0) is 12.4. The molecule has 0 spiro atoms. The average Bonchev–Trinajstić information content (AvgIpc) is 3.26. The maximum Gasteiger partial charge on any atom is 0.0964 e. The summed E-state index contributed by atoms with van der Waals surface area (Å²) < 4.78 is 1.98. The van der Waals surface area contributed by atoms with Crippen LogP contribution in [0.3, 0.4) is 0 Å². The predicted molar refractivity (Wildman–Crippen MR) is 70.1 cm³/mol. The molecule has 0 aromatic carbocycles. The molecular formula is C13H23N5. The molecule has 1 aromatic heterocycles. The lowest BCUT2D eigenvalue weighted by Crippen LogP contribution is -2.31. The van der Waals surface area contributed by atoms with E-state index < -0.39 is 0 Å². The Morgan fingerprint density at radius 3 is 2.89 bits per heavy atom. The summed E-state index contributed by atoms with van der Waals surface area (Å²) in [5.74, 6) is 0.987. The van der Waals surface area contributed by atoms with E-state index in [1.807, 2.05) is 11.7 Å². The van der Waals surface area contributed by atoms with Gasteiger partial charge in [-0.1, -0.05) is 5.21 Å². The highest BCUT2D eigenvalue weighted by Gasteiger charge is 2.33. The van der Waals surface area contributed by atoms with Crippen LogP contribution in [0.1, 0.15) is 31.4 Å². The zero-order valence-corrected chi connectivity index (χ0v) is 11.2. The van der Waals surface area contributed by atoms with E-state index >= 15 is 0 Å². The van der Waals surface area contributed by atoms with Gasteiger partial charge in [0.1, 0.15) is 0 Å². The Morgan fingerprint density at radius 2 is 2.22 bits per heavy atom. The predicted octanol–water partition coefficient (Wildman–Crippen LogP) is 0.872. The fourth-order valence-corrected chi connectivity index (χ4v) is 2.44. The second-order valence-electron chi connectivity index (χ2n) is 5.67. The van der Waals surface area contributed by atoms with Crippen molar-refractivity contribution >= 4 is 0 Å². The second kappa shape index (κ2) is 5.36. The Labute approximate surface area is 109 Å². The van der Waals surface area contributed by atoms with E-state index in [2.05, 4.69) is 26.7 Å². The van der Waals surface area contributed by atoms with Gasteiger partial charge in [0, 0.05) is 31.9 Å². The van der Waals surface area contributed by atoms with E-state index in [0.29, 0.717) is 0 Å². The standard InChI is InChI=1S/C13H23N5/c1-14-8-12-10-18(16-15-12)7-6-17(13-4-5-13)9-11-2-3-11/h10-11,13-14H,2-9H2,1H3. The normalized spacial score (nSPS) is 19.7. The summed E-state index contributed by atoms with van der Waals surface area (Å²) in [6.45, 7) is 4.21. The molecule has 0 amide bonds. The number of hydrogen-bond donors (Lipinski definition) is 1. The van der Waals surface area contributed by atoms with Crippen LogP contribution in [0.2, 0.25) is 0 Å². The molecule has 18 heavy (non-hydrogen) atoms. The molecule has 0 bridgehead atoms. The van der Waals surface area contributed by atoms with Crippen LogP contribution in [-0.4, -0.2) is 46.1 Å². The summed E-state index contributed by atoms with van der Waals surface area (Å²) in [6, 6.07) is 0.867. The molecule has 2 saturated carbocycles. The lowest BCUT2D eigenvalue weighted by atomic mass is 10.3. The molecule has 2 aliphatic rings. The maximum atomic E-state index is 4.18. The SMILES string of the molecule is CNCc1cn(CCN(CC2CC2)C2CC2)nn1. The van der Waals surface area contributed by atoms with Gasteiger partial charge in [0.2, 0.25) is 0 Å². The fourth-order valence-electron chi connectivity index (χ4n) is 2.44. The summed E-state index contributed by atoms with van der Waals surface area (Å²) >= 11 is 0. The molecule has 2 aliphatic carbocycles. The van der Waals surface area contributed by atoms with Crippen LogP contribution in [0.4, 0.5) is 0 Å². The van der Waals surface area contributed by atoms with Crippen molar-refractivity contribution in [1.82, 2.24) is 25.2 Å². The van der Waals surface area contributed by atoms with Crippen LogP contribution >= 0.6 is 0 Å². The van der Waals surface area contributed by atoms with Crippen LogP contribution in [0.25, 0.3) is 0 Å². The first-order chi connectivity index (χ1) is 8.85. The molecule has 0 aliphatic heterocycles. The van der Waals surface area contributed by atoms with Gasteiger partial charge in [-0.05, 0) is 38.6 Å². The smallest absolute Gasteiger partial charge is 0.0964 e. The minimum Gasteiger partial charge on any atom is -0.314 e. The maximum absolute atomic E-state index is 4.18. The van der Waals surface area contributed by atoms with Crippen molar-refractivity contribution < 1.29 is 0 Å². The third kappa shape index (κ3) is 3.29. The quantitative estimate of drug-likeness (QED) is 0.742. The lowest BCUT2D eigenvalue weighted by molar-refractivity contribution is 0.238. The minimum atomic E-state index is 0.800. The molecule has 0 atom stereocenters. The number of nitrogens with one attached hydrogen (secondary N) is 1. The van der Waals surface area contributed by atoms with E-state index in [1.54, 1.807) is 0 Å². The van der Waals surface area contributed by atoms with Crippen LogP contribution in [0, 0.1) is 5.92 Å². The van der Waals surface area contributed by atoms with Crippen molar-refractivity contribution in [1.29, 1.82) is 0 Å². The first-order valence-electron chi connectivity index (χ1n) is 7.13. The largest absolute Gasteiger partial charge is 0.314 e. The molecule has 1 N–H and O–H groups in total. The van der Waals surface area contributed by atoms with Gasteiger partial charge in [-0.15, -0.1) is 5.10 Å². The van der Waals surface area contributed by atoms with Crippen LogP contribution in [-0.2, 0) is 13.1 Å². The van der Waals surface area contributed by atoms with Crippen molar-refractivity contribution in [3.63, 3.8) is 0 Å². The highest BCUT2D eigenvalue weighted by Crippen LogP contribution is 2.34. The molecule has 100 valence electrons. The van der Waals surface area contributed by atoms with Crippen LogP contribution in [0.5, 0.6) is 0 Å². The third-order valence-electron chi connectivity index (χ3n) is 3.81. The van der Waals surface area contributed by atoms with Crippen molar-refractivity contribution in [2.75, 3.05) is 20.1 Å². The highest BCUT2D eigenvalue weighted by atomic mass is 15.4.